The van der Waals surface area contributed by atoms with Crippen LogP contribution >= 0.6 is 0 Å². The van der Waals surface area contributed by atoms with Crippen LogP contribution in [0.2, 0.25) is 0 Å². The van der Waals surface area contributed by atoms with E-state index in [0.717, 1.165) is 27.5 Å². The van der Waals surface area contributed by atoms with Gasteiger partial charge in [-0.05, 0) is 23.3 Å². The summed E-state index contributed by atoms with van der Waals surface area (Å²) in [7, 11) is 0. The van der Waals surface area contributed by atoms with E-state index in [-0.39, 0.29) is 11.7 Å². The van der Waals surface area contributed by atoms with Crippen molar-refractivity contribution in [3.05, 3.63) is 78.4 Å². The van der Waals surface area contributed by atoms with E-state index in [1.807, 2.05) is 54.6 Å². The molecule has 110 valence electrons. The summed E-state index contributed by atoms with van der Waals surface area (Å²) in [5.74, 6) is -0.251. The van der Waals surface area contributed by atoms with E-state index in [0.29, 0.717) is 11.3 Å². The lowest BCUT2D eigenvalue weighted by Gasteiger charge is -2.21. The number of rotatable bonds is 2. The summed E-state index contributed by atoms with van der Waals surface area (Å²) in [6.45, 7) is 3.47. The smallest absolute Gasteiger partial charge is 0.247 e. The molecule has 0 aliphatic heterocycles. The van der Waals surface area contributed by atoms with Crippen molar-refractivity contribution < 1.29 is 9.59 Å². The van der Waals surface area contributed by atoms with Crippen LogP contribution in [0.4, 0.5) is 5.69 Å². The third kappa shape index (κ3) is 1.90. The predicted molar refractivity (Wildman–Crippen MR) is 91.6 cm³/mol. The molecule has 0 spiro atoms. The number of carbonyl (C=O) groups excluding carboxylic acids is 2. The number of nitrogens with one attached hydrogen (secondary N) is 1. The highest BCUT2D eigenvalue weighted by molar-refractivity contribution is 6.27. The van der Waals surface area contributed by atoms with E-state index in [9.17, 15) is 9.59 Å². The highest BCUT2D eigenvalue weighted by atomic mass is 16.1. The molecule has 0 bridgehead atoms. The standard InChI is InChI=1S/C20H13NO2/c1-2-18(22)21-17-11-10-13-12-6-3-4-7-14(12)20(23)16-9-5-8-15(17)19(13)16/h2-11H,1H2,(H,21,22). The molecule has 23 heavy (non-hydrogen) atoms. The monoisotopic (exact) mass is 299 g/mol. The van der Waals surface area contributed by atoms with E-state index < -0.39 is 0 Å². The van der Waals surface area contributed by atoms with E-state index in [1.54, 1.807) is 0 Å². The van der Waals surface area contributed by atoms with Crippen LogP contribution in [0.1, 0.15) is 15.9 Å². The lowest BCUT2D eigenvalue weighted by molar-refractivity contribution is -0.111. The molecule has 0 radical (unpaired) electrons. The maximum atomic E-state index is 12.8. The van der Waals surface area contributed by atoms with E-state index in [4.69, 9.17) is 0 Å². The van der Waals surface area contributed by atoms with Crippen molar-refractivity contribution in [2.24, 2.45) is 0 Å². The number of fused-ring (bicyclic) bond motifs is 2. The molecule has 0 heterocycles. The maximum Gasteiger partial charge on any atom is 0.247 e. The van der Waals surface area contributed by atoms with Gasteiger partial charge in [-0.15, -0.1) is 0 Å². The molecule has 0 aromatic heterocycles. The molecule has 0 fully saturated rings. The average Bonchev–Trinajstić information content (AvgIpc) is 2.60. The molecule has 0 unspecified atom stereocenters. The highest BCUT2D eigenvalue weighted by Crippen LogP contribution is 2.41. The van der Waals surface area contributed by atoms with Gasteiger partial charge in [0.1, 0.15) is 0 Å². The van der Waals surface area contributed by atoms with Crippen molar-refractivity contribution in [1.82, 2.24) is 0 Å². The van der Waals surface area contributed by atoms with Crippen molar-refractivity contribution in [3.8, 4) is 11.1 Å². The number of carbonyl (C=O) groups is 2. The van der Waals surface area contributed by atoms with Crippen LogP contribution in [0.25, 0.3) is 21.9 Å². The number of amides is 1. The highest BCUT2D eigenvalue weighted by Gasteiger charge is 2.25. The van der Waals surface area contributed by atoms with Crippen molar-refractivity contribution >= 4 is 28.2 Å². The van der Waals surface area contributed by atoms with Gasteiger partial charge in [-0.3, -0.25) is 9.59 Å². The van der Waals surface area contributed by atoms with Gasteiger partial charge in [0.05, 0.1) is 0 Å². The summed E-state index contributed by atoms with van der Waals surface area (Å²) in [6.07, 6.45) is 1.23. The van der Waals surface area contributed by atoms with Crippen molar-refractivity contribution in [2.75, 3.05) is 5.32 Å². The van der Waals surface area contributed by atoms with Crippen LogP contribution in [-0.4, -0.2) is 11.7 Å². The first kappa shape index (κ1) is 13.5. The van der Waals surface area contributed by atoms with Gasteiger partial charge in [-0.2, -0.15) is 0 Å². The van der Waals surface area contributed by atoms with Crippen LogP contribution in [0.3, 0.4) is 0 Å². The first-order valence-corrected chi connectivity index (χ1v) is 7.34. The molecular formula is C20H13NO2. The summed E-state index contributed by atoms with van der Waals surface area (Å²) in [5.41, 5.74) is 4.02. The van der Waals surface area contributed by atoms with Crippen LogP contribution in [0, 0.1) is 0 Å². The van der Waals surface area contributed by atoms with Gasteiger partial charge in [-0.25, -0.2) is 0 Å². The third-order valence-corrected chi connectivity index (χ3v) is 4.19. The Morgan fingerprint density at radius 2 is 1.61 bits per heavy atom. The summed E-state index contributed by atoms with van der Waals surface area (Å²) < 4.78 is 0. The Bertz CT molecular complexity index is 1000. The zero-order valence-electron chi connectivity index (χ0n) is 12.3. The first-order valence-electron chi connectivity index (χ1n) is 7.34. The van der Waals surface area contributed by atoms with Gasteiger partial charge in [0.15, 0.2) is 5.78 Å². The molecule has 3 heteroatoms. The molecule has 1 aliphatic carbocycles. The Labute approximate surface area is 133 Å². The second-order valence-corrected chi connectivity index (χ2v) is 5.46. The molecule has 3 aromatic carbocycles. The van der Waals surface area contributed by atoms with E-state index in [2.05, 4.69) is 11.9 Å². The molecule has 0 atom stereocenters. The Balaban J connectivity index is 2.07. The number of ketones is 1. The fraction of sp³-hybridized carbons (Fsp3) is 0. The molecule has 1 aliphatic rings. The second-order valence-electron chi connectivity index (χ2n) is 5.46. The zero-order valence-corrected chi connectivity index (χ0v) is 12.3. The molecule has 4 rings (SSSR count). The fourth-order valence-electron chi connectivity index (χ4n) is 3.17. The van der Waals surface area contributed by atoms with Gasteiger partial charge in [-0.1, -0.05) is 55.1 Å². The van der Waals surface area contributed by atoms with Crippen LogP contribution < -0.4 is 5.32 Å². The van der Waals surface area contributed by atoms with Gasteiger partial charge in [0, 0.05) is 27.6 Å². The van der Waals surface area contributed by atoms with Gasteiger partial charge < -0.3 is 5.32 Å². The summed E-state index contributed by atoms with van der Waals surface area (Å²) in [4.78, 5) is 24.4. The Morgan fingerprint density at radius 3 is 2.39 bits per heavy atom. The van der Waals surface area contributed by atoms with E-state index >= 15 is 0 Å². The Kier molecular flexibility index (Phi) is 2.88. The minimum atomic E-state index is -0.270. The van der Waals surface area contributed by atoms with Crippen molar-refractivity contribution in [3.63, 3.8) is 0 Å². The lowest BCUT2D eigenvalue weighted by atomic mass is 9.82. The topological polar surface area (TPSA) is 46.2 Å². The fourth-order valence-corrected chi connectivity index (χ4v) is 3.17. The SMILES string of the molecule is C=CC(=O)Nc1ccc2c3c(cccc13)C(=O)c1ccccc1-2. The van der Waals surface area contributed by atoms with Crippen LogP contribution in [-0.2, 0) is 4.79 Å². The Morgan fingerprint density at radius 1 is 0.870 bits per heavy atom. The van der Waals surface area contributed by atoms with E-state index in [1.165, 1.54) is 6.08 Å². The first-order chi connectivity index (χ1) is 11.2. The molecule has 1 N–H and O–H groups in total. The number of anilines is 1. The number of hydrogen-bond donors (Lipinski definition) is 1. The minimum Gasteiger partial charge on any atom is -0.322 e. The van der Waals surface area contributed by atoms with Gasteiger partial charge >= 0.3 is 0 Å². The third-order valence-electron chi connectivity index (χ3n) is 4.19. The van der Waals surface area contributed by atoms with Gasteiger partial charge in [0.2, 0.25) is 5.91 Å². The van der Waals surface area contributed by atoms with Gasteiger partial charge in [0.25, 0.3) is 0 Å². The Hall–Kier alpha value is -3.20. The zero-order chi connectivity index (χ0) is 16.0. The molecule has 3 nitrogen and oxygen atoms in total. The normalized spacial score (nSPS) is 11.9. The van der Waals surface area contributed by atoms with Crippen molar-refractivity contribution in [1.29, 1.82) is 0 Å². The number of benzene rings is 3. The molecule has 3 aromatic rings. The second kappa shape index (κ2) is 4.92. The summed E-state index contributed by atoms with van der Waals surface area (Å²) in [5, 5.41) is 4.55. The molecule has 0 saturated heterocycles. The lowest BCUT2D eigenvalue weighted by Crippen LogP contribution is -2.12. The van der Waals surface area contributed by atoms with Crippen molar-refractivity contribution in [2.45, 2.75) is 0 Å². The summed E-state index contributed by atoms with van der Waals surface area (Å²) in [6, 6.07) is 17.0. The predicted octanol–water partition coefficient (Wildman–Crippen LogP) is 4.18. The number of hydrogen-bond acceptors (Lipinski definition) is 2. The maximum absolute atomic E-state index is 12.8. The molecule has 0 saturated carbocycles. The van der Waals surface area contributed by atoms with Crippen LogP contribution in [0.5, 0.6) is 0 Å². The largest absolute Gasteiger partial charge is 0.322 e. The van der Waals surface area contributed by atoms with Crippen LogP contribution in [0.15, 0.2) is 67.3 Å². The average molecular weight is 299 g/mol. The molecular weight excluding hydrogens is 286 g/mol. The minimum absolute atomic E-state index is 0.0193. The molecule has 1 amide bonds. The quantitative estimate of drug-likeness (QED) is 0.564. The summed E-state index contributed by atoms with van der Waals surface area (Å²) >= 11 is 0.